The van der Waals surface area contributed by atoms with Gasteiger partial charge in [0.15, 0.2) is 0 Å². The fourth-order valence-corrected chi connectivity index (χ4v) is 3.57. The van der Waals surface area contributed by atoms with Gasteiger partial charge in [-0.05, 0) is 37.6 Å². The van der Waals surface area contributed by atoms with Gasteiger partial charge >= 0.3 is 0 Å². The molecule has 8 heteroatoms. The van der Waals surface area contributed by atoms with Crippen molar-refractivity contribution in [3.63, 3.8) is 0 Å². The molecule has 0 fully saturated rings. The van der Waals surface area contributed by atoms with E-state index in [1.165, 1.54) is 17.0 Å². The van der Waals surface area contributed by atoms with Crippen molar-refractivity contribution in [2.24, 2.45) is 0 Å². The maximum absolute atomic E-state index is 12.3. The van der Waals surface area contributed by atoms with Crippen LogP contribution in [0.4, 0.5) is 5.69 Å². The number of hydrogen-bond donors (Lipinski definition) is 1. The molecule has 0 saturated carbocycles. The van der Waals surface area contributed by atoms with Gasteiger partial charge < -0.3 is 9.80 Å². The fraction of sp³-hybridized carbons (Fsp3) is 0.467. The van der Waals surface area contributed by atoms with Gasteiger partial charge in [0.05, 0.1) is 17.9 Å². The number of anilines is 1. The molecule has 0 bridgehead atoms. The first-order valence-corrected chi connectivity index (χ1v) is 8.95. The zero-order valence-corrected chi connectivity index (χ0v) is 14.3. The molecule has 1 aliphatic rings. The average molecular weight is 339 g/mol. The van der Waals surface area contributed by atoms with Crippen LogP contribution in [0.25, 0.3) is 0 Å². The number of likely N-dealkylation sites (N-methyl/N-ethyl adjacent to an activating group) is 2. The summed E-state index contributed by atoms with van der Waals surface area (Å²) in [5.41, 5.74) is 1.39. The number of sulfonamides is 1. The Morgan fingerprint density at radius 2 is 1.96 bits per heavy atom. The molecule has 126 valence electrons. The number of carbonyl (C=O) groups excluding carboxylic acids is 2. The van der Waals surface area contributed by atoms with Crippen LogP contribution in [0.5, 0.6) is 0 Å². The molecule has 7 nitrogen and oxygen atoms in total. The average Bonchev–Trinajstić information content (AvgIpc) is 2.81. The Morgan fingerprint density at radius 1 is 1.30 bits per heavy atom. The zero-order chi connectivity index (χ0) is 17.2. The summed E-state index contributed by atoms with van der Waals surface area (Å²) >= 11 is 0. The minimum atomic E-state index is -3.79. The maximum Gasteiger partial charge on any atom is 0.241 e. The summed E-state index contributed by atoms with van der Waals surface area (Å²) < 4.78 is 27.0. The molecule has 1 aliphatic heterocycles. The molecule has 1 aromatic rings. The Balaban J connectivity index is 2.14. The highest BCUT2D eigenvalue weighted by molar-refractivity contribution is 7.89. The first-order chi connectivity index (χ1) is 10.8. The molecule has 1 N–H and O–H groups in total. The summed E-state index contributed by atoms with van der Waals surface area (Å²) in [6.45, 7) is 4.46. The summed E-state index contributed by atoms with van der Waals surface area (Å²) in [6.07, 6.45) is 0.188. The first kappa shape index (κ1) is 17.4. The second kappa shape index (κ2) is 6.67. The standard InChI is InChI=1S/C15H21N3O4S/c1-4-18(5-2)15(20)10-16-23(21,22)12-6-7-13-11(8-12)9-14(19)17(13)3/h6-8,16H,4-5,9-10H2,1-3H3. The molecular weight excluding hydrogens is 318 g/mol. The predicted octanol–water partition coefficient (Wildman–Crippen LogP) is 0.352. The Bertz CT molecular complexity index is 726. The number of nitrogens with one attached hydrogen (secondary N) is 1. The molecule has 1 heterocycles. The Kier molecular flexibility index (Phi) is 5.06. The quantitative estimate of drug-likeness (QED) is 0.810. The summed E-state index contributed by atoms with van der Waals surface area (Å²) in [7, 11) is -2.13. The minimum absolute atomic E-state index is 0.0618. The summed E-state index contributed by atoms with van der Waals surface area (Å²) in [5.74, 6) is -0.339. The summed E-state index contributed by atoms with van der Waals surface area (Å²) in [6, 6.07) is 4.54. The number of amides is 2. The van der Waals surface area contributed by atoms with E-state index in [0.29, 0.717) is 24.3 Å². The van der Waals surface area contributed by atoms with Gasteiger partial charge in [-0.15, -0.1) is 0 Å². The van der Waals surface area contributed by atoms with Crippen LogP contribution in [0.15, 0.2) is 23.1 Å². The van der Waals surface area contributed by atoms with E-state index in [1.54, 1.807) is 18.0 Å². The molecule has 2 amide bonds. The molecule has 0 aliphatic carbocycles. The Labute approximate surface area is 136 Å². The van der Waals surface area contributed by atoms with E-state index in [4.69, 9.17) is 0 Å². The summed E-state index contributed by atoms with van der Waals surface area (Å²) in [5, 5.41) is 0. The van der Waals surface area contributed by atoms with Crippen molar-refractivity contribution >= 4 is 27.5 Å². The number of rotatable bonds is 6. The highest BCUT2D eigenvalue weighted by Crippen LogP contribution is 2.29. The van der Waals surface area contributed by atoms with E-state index in [0.717, 1.165) is 0 Å². The summed E-state index contributed by atoms with van der Waals surface area (Å²) in [4.78, 5) is 26.7. The topological polar surface area (TPSA) is 86.8 Å². The van der Waals surface area contributed by atoms with Crippen molar-refractivity contribution in [2.45, 2.75) is 25.2 Å². The van der Waals surface area contributed by atoms with Gasteiger partial charge in [-0.2, -0.15) is 0 Å². The van der Waals surface area contributed by atoms with Crippen molar-refractivity contribution in [2.75, 3.05) is 31.6 Å². The molecule has 2 rings (SSSR count). The van der Waals surface area contributed by atoms with Gasteiger partial charge in [0.2, 0.25) is 21.8 Å². The van der Waals surface area contributed by atoms with Gasteiger partial charge in [0.1, 0.15) is 0 Å². The molecule has 0 spiro atoms. The van der Waals surface area contributed by atoms with Crippen molar-refractivity contribution in [1.82, 2.24) is 9.62 Å². The minimum Gasteiger partial charge on any atom is -0.342 e. The lowest BCUT2D eigenvalue weighted by Gasteiger charge is -2.18. The van der Waals surface area contributed by atoms with Crippen LogP contribution in [0.1, 0.15) is 19.4 Å². The molecule has 0 aromatic heterocycles. The first-order valence-electron chi connectivity index (χ1n) is 7.47. The van der Waals surface area contributed by atoms with Gasteiger partial charge in [-0.1, -0.05) is 0 Å². The number of carbonyl (C=O) groups is 2. The third-order valence-corrected chi connectivity index (χ3v) is 5.37. The van der Waals surface area contributed by atoms with Crippen LogP contribution >= 0.6 is 0 Å². The van der Waals surface area contributed by atoms with Crippen molar-refractivity contribution in [3.05, 3.63) is 23.8 Å². The predicted molar refractivity (Wildman–Crippen MR) is 86.7 cm³/mol. The van der Waals surface area contributed by atoms with Crippen LogP contribution < -0.4 is 9.62 Å². The molecular formula is C15H21N3O4S. The molecule has 0 radical (unpaired) electrons. The SMILES string of the molecule is CCN(CC)C(=O)CNS(=O)(=O)c1ccc2c(c1)CC(=O)N2C. The third-order valence-electron chi connectivity index (χ3n) is 3.97. The van der Waals surface area contributed by atoms with Gasteiger partial charge in [0, 0.05) is 25.8 Å². The lowest BCUT2D eigenvalue weighted by atomic mass is 10.2. The van der Waals surface area contributed by atoms with Crippen LogP contribution in [0.3, 0.4) is 0 Å². The van der Waals surface area contributed by atoms with Crippen LogP contribution in [-0.2, 0) is 26.0 Å². The van der Waals surface area contributed by atoms with E-state index in [1.807, 2.05) is 13.8 Å². The van der Waals surface area contributed by atoms with Crippen LogP contribution in [-0.4, -0.2) is 51.8 Å². The van der Waals surface area contributed by atoms with Gasteiger partial charge in [-0.25, -0.2) is 13.1 Å². The van der Waals surface area contributed by atoms with E-state index in [9.17, 15) is 18.0 Å². The highest BCUT2D eigenvalue weighted by Gasteiger charge is 2.26. The van der Waals surface area contributed by atoms with Crippen LogP contribution in [0.2, 0.25) is 0 Å². The largest absolute Gasteiger partial charge is 0.342 e. The zero-order valence-electron chi connectivity index (χ0n) is 13.5. The second-order valence-corrected chi connectivity index (χ2v) is 7.08. The Hall–Kier alpha value is -1.93. The molecule has 0 atom stereocenters. The number of fused-ring (bicyclic) bond motifs is 1. The smallest absolute Gasteiger partial charge is 0.241 e. The monoisotopic (exact) mass is 339 g/mol. The molecule has 0 saturated heterocycles. The number of nitrogens with zero attached hydrogens (tertiary/aromatic N) is 2. The van der Waals surface area contributed by atoms with Crippen molar-refractivity contribution < 1.29 is 18.0 Å². The Morgan fingerprint density at radius 3 is 2.57 bits per heavy atom. The van der Waals surface area contributed by atoms with Crippen LogP contribution in [0, 0.1) is 0 Å². The molecule has 23 heavy (non-hydrogen) atoms. The second-order valence-electron chi connectivity index (χ2n) is 5.31. The maximum atomic E-state index is 12.3. The lowest BCUT2D eigenvalue weighted by molar-refractivity contribution is -0.129. The molecule has 0 unspecified atom stereocenters. The van der Waals surface area contributed by atoms with E-state index >= 15 is 0 Å². The highest BCUT2D eigenvalue weighted by atomic mass is 32.2. The van der Waals surface area contributed by atoms with Gasteiger partial charge in [0.25, 0.3) is 0 Å². The third kappa shape index (κ3) is 3.53. The van der Waals surface area contributed by atoms with E-state index < -0.39 is 10.0 Å². The van der Waals surface area contributed by atoms with E-state index in [2.05, 4.69) is 4.72 Å². The molecule has 1 aromatic carbocycles. The van der Waals surface area contributed by atoms with Crippen molar-refractivity contribution in [3.8, 4) is 0 Å². The number of benzene rings is 1. The lowest BCUT2D eigenvalue weighted by Crippen LogP contribution is -2.39. The van der Waals surface area contributed by atoms with Gasteiger partial charge in [-0.3, -0.25) is 9.59 Å². The number of hydrogen-bond acceptors (Lipinski definition) is 4. The van der Waals surface area contributed by atoms with E-state index in [-0.39, 0.29) is 29.7 Å². The normalized spacial score (nSPS) is 14.0. The fourth-order valence-electron chi connectivity index (χ4n) is 2.54. The van der Waals surface area contributed by atoms with Crippen molar-refractivity contribution in [1.29, 1.82) is 0 Å².